The van der Waals surface area contributed by atoms with E-state index in [2.05, 4.69) is 24.4 Å². The lowest BCUT2D eigenvalue weighted by atomic mass is 10.0. The van der Waals surface area contributed by atoms with Gasteiger partial charge in [-0.05, 0) is 38.5 Å². The molecule has 0 unspecified atom stereocenters. The molecule has 0 rings (SSSR count). The molecule has 0 heterocycles. The van der Waals surface area contributed by atoms with Crippen molar-refractivity contribution >= 4 is 19.8 Å². The Morgan fingerprint density at radius 2 is 0.981 bits per heavy atom. The minimum atomic E-state index is -4.79. The van der Waals surface area contributed by atoms with Crippen molar-refractivity contribution in [2.75, 3.05) is 13.2 Å². The lowest BCUT2D eigenvalue weighted by molar-refractivity contribution is -0.161. The first kappa shape index (κ1) is 51.7. The maximum absolute atomic E-state index is 12.4. The minimum absolute atomic E-state index is 0.117. The quantitative estimate of drug-likeness (QED) is 0.0204. The number of esters is 2. The summed E-state index contributed by atoms with van der Waals surface area (Å²) in [6.45, 7) is 3.52. The second kappa shape index (κ2) is 37.6. The van der Waals surface area contributed by atoms with E-state index >= 15 is 0 Å². The van der Waals surface area contributed by atoms with Crippen molar-refractivity contribution in [1.29, 1.82) is 0 Å². The first-order valence-corrected chi connectivity index (χ1v) is 23.2. The van der Waals surface area contributed by atoms with Gasteiger partial charge in [0.1, 0.15) is 6.61 Å². The van der Waals surface area contributed by atoms with Crippen LogP contribution in [-0.4, -0.2) is 63.5 Å². The van der Waals surface area contributed by atoms with Gasteiger partial charge in [-0.3, -0.25) is 14.1 Å². The number of hydrogen-bond donors (Lipinski definition) is 4. The first-order chi connectivity index (χ1) is 25.6. The molecule has 53 heavy (non-hydrogen) atoms. The molecule has 0 saturated heterocycles. The number of unbranched alkanes of at least 4 members (excludes halogenated alkanes) is 24. The smallest absolute Gasteiger partial charge is 0.462 e. The Kier molecular flexibility index (Phi) is 36.7. The summed E-state index contributed by atoms with van der Waals surface area (Å²) >= 11 is 0. The predicted molar refractivity (Wildman–Crippen MR) is 214 cm³/mol. The van der Waals surface area contributed by atoms with Crippen LogP contribution in [0.25, 0.3) is 0 Å². The Balaban J connectivity index is 3.98. The van der Waals surface area contributed by atoms with Crippen LogP contribution in [0.4, 0.5) is 0 Å². The lowest BCUT2D eigenvalue weighted by Gasteiger charge is -2.18. The van der Waals surface area contributed by atoms with Gasteiger partial charge < -0.3 is 29.5 Å². The Morgan fingerprint density at radius 3 is 1.47 bits per heavy atom. The van der Waals surface area contributed by atoms with Crippen molar-refractivity contribution in [1.82, 2.24) is 0 Å². The number of aliphatic hydroxyl groups is 2. The number of phosphoric ester groups is 1. The van der Waals surface area contributed by atoms with Crippen LogP contribution in [0, 0.1) is 0 Å². The summed E-state index contributed by atoms with van der Waals surface area (Å²) in [4.78, 5) is 42.9. The number of phosphoric acid groups is 1. The summed E-state index contributed by atoms with van der Waals surface area (Å²) in [6.07, 6.45) is 33.8. The highest BCUT2D eigenvalue weighted by Gasteiger charge is 2.23. The molecular formula is C42H81O10P. The summed E-state index contributed by atoms with van der Waals surface area (Å²) in [5.74, 6) is -0.986. The molecule has 0 bridgehead atoms. The van der Waals surface area contributed by atoms with Crippen molar-refractivity contribution < 1.29 is 48.2 Å². The Hall–Kier alpha value is -1.29. The molecule has 0 aliphatic rings. The van der Waals surface area contributed by atoms with Crippen molar-refractivity contribution in [3.05, 3.63) is 12.2 Å². The van der Waals surface area contributed by atoms with Gasteiger partial charge in [0.05, 0.1) is 18.8 Å². The third kappa shape index (κ3) is 38.8. The average molecular weight is 777 g/mol. The fraction of sp³-hybridized carbons (Fsp3) is 0.905. The summed E-state index contributed by atoms with van der Waals surface area (Å²) in [5.41, 5.74) is 0. The van der Waals surface area contributed by atoms with Crippen LogP contribution in [0.2, 0.25) is 0 Å². The number of carbonyl (C=O) groups is 2. The minimum Gasteiger partial charge on any atom is -0.462 e. The highest BCUT2D eigenvalue weighted by Crippen LogP contribution is 2.36. The molecular weight excluding hydrogens is 695 g/mol. The Morgan fingerprint density at radius 1 is 0.547 bits per heavy atom. The van der Waals surface area contributed by atoms with E-state index in [-0.39, 0.29) is 19.4 Å². The molecule has 314 valence electrons. The van der Waals surface area contributed by atoms with Crippen LogP contribution in [0.5, 0.6) is 0 Å². The highest BCUT2D eigenvalue weighted by molar-refractivity contribution is 7.46. The zero-order valence-electron chi connectivity index (χ0n) is 33.9. The maximum atomic E-state index is 12.4. The van der Waals surface area contributed by atoms with Gasteiger partial charge in [0.2, 0.25) is 0 Å². The molecule has 0 aliphatic heterocycles. The van der Waals surface area contributed by atoms with Crippen LogP contribution in [0.3, 0.4) is 0 Å². The standard InChI is InChI=1S/C42H81O10P/c1-3-5-7-9-11-12-13-14-15-16-17-18-19-20-21-22-26-30-34-41(45)50-36-38(37-51-53(47,48)49)52-42(46)35-31-27-23-25-29-33-40(44)39(43)32-28-24-10-8-6-4-2/h24,28,38-40,43-44H,3-23,25-27,29-37H2,1-2H3,(H2,47,48,49)/b28-24-/t38-,39+,40+/m1/s1. The van der Waals surface area contributed by atoms with Gasteiger partial charge in [-0.1, -0.05) is 174 Å². The van der Waals surface area contributed by atoms with Crippen molar-refractivity contribution in [2.24, 2.45) is 0 Å². The number of allylic oxidation sites excluding steroid dienone is 1. The van der Waals surface area contributed by atoms with E-state index in [4.69, 9.17) is 19.3 Å². The summed E-state index contributed by atoms with van der Waals surface area (Å²) in [6, 6.07) is 0. The SMILES string of the molecule is CCCCC/C=C\C[C@H](O)[C@@H](O)CCCCCCCC(=O)O[C@H](COC(=O)CCCCCCCCCCCCCCCCCCCC)COP(=O)(O)O. The van der Waals surface area contributed by atoms with Gasteiger partial charge in [-0.15, -0.1) is 0 Å². The topological polar surface area (TPSA) is 160 Å². The fourth-order valence-corrected chi connectivity index (χ4v) is 6.70. The molecule has 4 N–H and O–H groups in total. The Bertz CT molecular complexity index is 908. The lowest BCUT2D eigenvalue weighted by Crippen LogP contribution is -2.29. The van der Waals surface area contributed by atoms with Crippen LogP contribution >= 0.6 is 7.82 Å². The van der Waals surface area contributed by atoms with Gasteiger partial charge in [0, 0.05) is 12.8 Å². The number of rotatable bonds is 40. The summed E-state index contributed by atoms with van der Waals surface area (Å²) in [5, 5.41) is 20.3. The predicted octanol–water partition coefficient (Wildman–Crippen LogP) is 11.0. The van der Waals surface area contributed by atoms with Crippen LogP contribution in [0.1, 0.15) is 213 Å². The second-order valence-corrected chi connectivity index (χ2v) is 16.2. The molecule has 0 aromatic heterocycles. The highest BCUT2D eigenvalue weighted by atomic mass is 31.2. The van der Waals surface area contributed by atoms with Gasteiger partial charge in [0.15, 0.2) is 6.10 Å². The average Bonchev–Trinajstić information content (AvgIpc) is 3.12. The molecule has 0 aromatic rings. The normalized spacial score (nSPS) is 13.7. The molecule has 11 heteroatoms. The summed E-state index contributed by atoms with van der Waals surface area (Å²) in [7, 11) is -4.79. The van der Waals surface area contributed by atoms with E-state index < -0.39 is 44.7 Å². The van der Waals surface area contributed by atoms with Gasteiger partial charge in [-0.2, -0.15) is 0 Å². The molecule has 0 fully saturated rings. The number of ether oxygens (including phenoxy) is 2. The monoisotopic (exact) mass is 777 g/mol. The van der Waals surface area contributed by atoms with Crippen molar-refractivity contribution in [3.8, 4) is 0 Å². The van der Waals surface area contributed by atoms with E-state index in [0.717, 1.165) is 57.8 Å². The molecule has 3 atom stereocenters. The fourth-order valence-electron chi connectivity index (χ4n) is 6.34. The van der Waals surface area contributed by atoms with Gasteiger partial charge in [0.25, 0.3) is 0 Å². The number of hydrogen-bond acceptors (Lipinski definition) is 8. The maximum Gasteiger partial charge on any atom is 0.469 e. The van der Waals surface area contributed by atoms with E-state index in [9.17, 15) is 24.4 Å². The van der Waals surface area contributed by atoms with E-state index in [1.165, 1.54) is 103 Å². The molecule has 0 spiro atoms. The molecule has 0 radical (unpaired) electrons. The van der Waals surface area contributed by atoms with Crippen molar-refractivity contribution in [3.63, 3.8) is 0 Å². The van der Waals surface area contributed by atoms with E-state index in [0.29, 0.717) is 25.7 Å². The largest absolute Gasteiger partial charge is 0.469 e. The zero-order valence-corrected chi connectivity index (χ0v) is 34.8. The molecule has 0 aliphatic carbocycles. The first-order valence-electron chi connectivity index (χ1n) is 21.6. The van der Waals surface area contributed by atoms with E-state index in [1.807, 2.05) is 6.08 Å². The summed E-state index contributed by atoms with van der Waals surface area (Å²) < 4.78 is 26.3. The second-order valence-electron chi connectivity index (χ2n) is 15.0. The zero-order chi connectivity index (χ0) is 39.3. The van der Waals surface area contributed by atoms with Crippen molar-refractivity contribution in [2.45, 2.75) is 231 Å². The molecule has 10 nitrogen and oxygen atoms in total. The molecule has 0 saturated carbocycles. The van der Waals surface area contributed by atoms with Gasteiger partial charge >= 0.3 is 19.8 Å². The number of carbonyl (C=O) groups excluding carboxylic acids is 2. The molecule has 0 amide bonds. The Labute approximate surface area is 323 Å². The van der Waals surface area contributed by atoms with Crippen LogP contribution in [-0.2, 0) is 28.2 Å². The number of aliphatic hydroxyl groups excluding tert-OH is 2. The molecule has 0 aromatic carbocycles. The third-order valence-electron chi connectivity index (χ3n) is 9.73. The third-order valence-corrected chi connectivity index (χ3v) is 10.2. The van der Waals surface area contributed by atoms with E-state index in [1.54, 1.807) is 0 Å². The van der Waals surface area contributed by atoms with Crippen LogP contribution in [0.15, 0.2) is 12.2 Å². The van der Waals surface area contributed by atoms with Crippen LogP contribution < -0.4 is 0 Å². The van der Waals surface area contributed by atoms with Gasteiger partial charge in [-0.25, -0.2) is 4.57 Å².